The van der Waals surface area contributed by atoms with Gasteiger partial charge in [0.1, 0.15) is 0 Å². The predicted octanol–water partition coefficient (Wildman–Crippen LogP) is 2.18. The molecule has 0 spiro atoms. The molecular formula is C23H35N5O. The van der Waals surface area contributed by atoms with E-state index in [9.17, 15) is 4.79 Å². The highest BCUT2D eigenvalue weighted by Gasteiger charge is 2.28. The Morgan fingerprint density at radius 1 is 1.21 bits per heavy atom. The number of benzene rings is 1. The summed E-state index contributed by atoms with van der Waals surface area (Å²) in [5.74, 6) is -0.0541. The first-order valence-electron chi connectivity index (χ1n) is 10.9. The Hall–Kier alpha value is -2.18. The average molecular weight is 398 g/mol. The molecule has 1 aromatic heterocycles. The van der Waals surface area contributed by atoms with Crippen LogP contribution in [-0.2, 0) is 26.3 Å². The zero-order chi connectivity index (χ0) is 20.6. The number of hydrogen-bond acceptors (Lipinski definition) is 4. The van der Waals surface area contributed by atoms with Gasteiger partial charge < -0.3 is 15.5 Å². The second-order valence-corrected chi connectivity index (χ2v) is 7.81. The molecule has 29 heavy (non-hydrogen) atoms. The third kappa shape index (κ3) is 5.67. The Morgan fingerprint density at radius 3 is 2.69 bits per heavy atom. The van der Waals surface area contributed by atoms with E-state index in [4.69, 9.17) is 0 Å². The van der Waals surface area contributed by atoms with E-state index in [1.165, 1.54) is 11.3 Å². The number of aryl methyl sites for hydroxylation is 1. The number of aromatic nitrogens is 2. The molecule has 2 N–H and O–H groups in total. The summed E-state index contributed by atoms with van der Waals surface area (Å²) in [4.78, 5) is 15.2. The summed E-state index contributed by atoms with van der Waals surface area (Å²) >= 11 is 0. The number of rotatable bonds is 10. The quantitative estimate of drug-likeness (QED) is 0.645. The van der Waals surface area contributed by atoms with E-state index < -0.39 is 0 Å². The molecule has 1 aliphatic carbocycles. The number of nitrogens with one attached hydrogen (secondary N) is 2. The fourth-order valence-electron chi connectivity index (χ4n) is 4.16. The molecule has 3 rings (SSSR count). The predicted molar refractivity (Wildman–Crippen MR) is 117 cm³/mol. The maximum Gasteiger partial charge on any atom is 0.272 e. The van der Waals surface area contributed by atoms with E-state index in [1.807, 2.05) is 29.9 Å². The van der Waals surface area contributed by atoms with Crippen LogP contribution in [0.5, 0.6) is 0 Å². The number of nitrogens with zero attached hydrogens (tertiary/aromatic N) is 3. The minimum atomic E-state index is -0.0541. The summed E-state index contributed by atoms with van der Waals surface area (Å²) in [5, 5.41) is 11.3. The fourth-order valence-corrected chi connectivity index (χ4v) is 4.16. The molecule has 0 saturated carbocycles. The Morgan fingerprint density at radius 2 is 1.97 bits per heavy atom. The third-order valence-electron chi connectivity index (χ3n) is 5.97. The normalized spacial score (nSPS) is 16.1. The van der Waals surface area contributed by atoms with Crippen molar-refractivity contribution in [2.75, 3.05) is 32.7 Å². The first-order valence-corrected chi connectivity index (χ1v) is 10.9. The van der Waals surface area contributed by atoms with Gasteiger partial charge in [-0.05, 0) is 44.3 Å². The van der Waals surface area contributed by atoms with Crippen molar-refractivity contribution < 1.29 is 4.79 Å². The minimum Gasteiger partial charge on any atom is -0.350 e. The largest absolute Gasteiger partial charge is 0.350 e. The molecule has 2 aromatic rings. The zero-order valence-electron chi connectivity index (χ0n) is 18.1. The van der Waals surface area contributed by atoms with Gasteiger partial charge in [-0.25, -0.2) is 0 Å². The van der Waals surface area contributed by atoms with Gasteiger partial charge in [-0.2, -0.15) is 5.10 Å². The maximum absolute atomic E-state index is 12.8. The zero-order valence-corrected chi connectivity index (χ0v) is 18.1. The first kappa shape index (κ1) is 21.5. The second kappa shape index (κ2) is 10.6. The van der Waals surface area contributed by atoms with E-state index >= 15 is 0 Å². The Balaban J connectivity index is 1.56. The minimum absolute atomic E-state index is 0.0541. The highest BCUT2D eigenvalue weighted by Crippen LogP contribution is 2.24. The molecule has 6 heteroatoms. The van der Waals surface area contributed by atoms with Crippen LogP contribution in [0.4, 0.5) is 0 Å². The third-order valence-corrected chi connectivity index (χ3v) is 5.97. The number of likely N-dealkylation sites (N-methyl/N-ethyl adjacent to an activating group) is 1. The Labute approximate surface area is 174 Å². The van der Waals surface area contributed by atoms with Gasteiger partial charge in [-0.3, -0.25) is 9.48 Å². The van der Waals surface area contributed by atoms with Crippen LogP contribution in [0.1, 0.15) is 47.6 Å². The van der Waals surface area contributed by atoms with Gasteiger partial charge in [-0.1, -0.05) is 44.2 Å². The van der Waals surface area contributed by atoms with Crippen molar-refractivity contribution in [1.29, 1.82) is 0 Å². The molecule has 0 radical (unpaired) electrons. The molecule has 0 saturated heterocycles. The van der Waals surface area contributed by atoms with Gasteiger partial charge in [0, 0.05) is 44.0 Å². The molecule has 6 nitrogen and oxygen atoms in total. The summed E-state index contributed by atoms with van der Waals surface area (Å²) in [6, 6.07) is 10.7. The molecule has 158 valence electrons. The highest BCUT2D eigenvalue weighted by molar-refractivity contribution is 5.94. The van der Waals surface area contributed by atoms with Gasteiger partial charge in [-0.15, -0.1) is 0 Å². The van der Waals surface area contributed by atoms with Crippen molar-refractivity contribution in [3.63, 3.8) is 0 Å². The van der Waals surface area contributed by atoms with Crippen molar-refractivity contribution in [2.45, 2.75) is 45.6 Å². The standard InChI is InChI=1S/C23H35N5O/c1-4-28(5-2)16-15-24-19-11-12-21-20(17-19)22(26-27(21)3)23(29)25-14-13-18-9-7-6-8-10-18/h6-10,19,24H,4-5,11-17H2,1-3H3,(H,25,29). The smallest absolute Gasteiger partial charge is 0.272 e. The van der Waals surface area contributed by atoms with Crippen LogP contribution in [-0.4, -0.2) is 59.4 Å². The van der Waals surface area contributed by atoms with E-state index in [-0.39, 0.29) is 5.91 Å². The fraction of sp³-hybridized carbons (Fsp3) is 0.565. The molecule has 1 aliphatic rings. The lowest BCUT2D eigenvalue weighted by Crippen LogP contribution is -2.40. The van der Waals surface area contributed by atoms with Crippen LogP contribution in [0.15, 0.2) is 30.3 Å². The molecular weight excluding hydrogens is 362 g/mol. The van der Waals surface area contributed by atoms with Gasteiger partial charge in [0.2, 0.25) is 0 Å². The first-order chi connectivity index (χ1) is 14.1. The van der Waals surface area contributed by atoms with Gasteiger partial charge in [0.15, 0.2) is 5.69 Å². The van der Waals surface area contributed by atoms with E-state index in [1.54, 1.807) is 0 Å². The van der Waals surface area contributed by atoms with Crippen LogP contribution >= 0.6 is 0 Å². The molecule has 1 atom stereocenters. The summed E-state index contributed by atoms with van der Waals surface area (Å²) in [6.45, 7) is 9.26. The summed E-state index contributed by atoms with van der Waals surface area (Å²) < 4.78 is 1.90. The molecule has 1 aromatic carbocycles. The molecule has 1 amide bonds. The molecule has 0 bridgehead atoms. The SMILES string of the molecule is CCN(CC)CCNC1CCc2c(c(C(=O)NCCc3ccccc3)nn2C)C1. The van der Waals surface area contributed by atoms with Crippen LogP contribution in [0, 0.1) is 0 Å². The van der Waals surface area contributed by atoms with Crippen molar-refractivity contribution in [3.05, 3.63) is 52.8 Å². The Bertz CT molecular complexity index is 782. The van der Waals surface area contributed by atoms with Crippen LogP contribution < -0.4 is 10.6 Å². The second-order valence-electron chi connectivity index (χ2n) is 7.81. The lowest BCUT2D eigenvalue weighted by Gasteiger charge is -2.26. The van der Waals surface area contributed by atoms with E-state index in [0.717, 1.165) is 57.4 Å². The van der Waals surface area contributed by atoms with Gasteiger partial charge in [0.05, 0.1) is 0 Å². The lowest BCUT2D eigenvalue weighted by atomic mass is 9.91. The van der Waals surface area contributed by atoms with E-state index in [2.05, 4.69) is 46.6 Å². The van der Waals surface area contributed by atoms with E-state index in [0.29, 0.717) is 18.3 Å². The monoisotopic (exact) mass is 397 g/mol. The van der Waals surface area contributed by atoms with Crippen molar-refractivity contribution in [2.24, 2.45) is 7.05 Å². The number of amides is 1. The molecule has 1 heterocycles. The average Bonchev–Trinajstić information content (AvgIpc) is 3.08. The number of fused-ring (bicyclic) bond motifs is 1. The molecule has 0 aliphatic heterocycles. The maximum atomic E-state index is 12.8. The van der Waals surface area contributed by atoms with Gasteiger partial charge in [0.25, 0.3) is 5.91 Å². The highest BCUT2D eigenvalue weighted by atomic mass is 16.1. The van der Waals surface area contributed by atoms with Crippen molar-refractivity contribution in [1.82, 2.24) is 25.3 Å². The number of hydrogen-bond donors (Lipinski definition) is 2. The summed E-state index contributed by atoms with van der Waals surface area (Å²) in [7, 11) is 1.95. The van der Waals surface area contributed by atoms with Crippen LogP contribution in [0.25, 0.3) is 0 Å². The van der Waals surface area contributed by atoms with Crippen molar-refractivity contribution >= 4 is 5.91 Å². The number of carbonyl (C=O) groups excluding carboxylic acids is 1. The number of carbonyl (C=O) groups is 1. The van der Waals surface area contributed by atoms with Crippen LogP contribution in [0.2, 0.25) is 0 Å². The topological polar surface area (TPSA) is 62.2 Å². The van der Waals surface area contributed by atoms with Crippen molar-refractivity contribution in [3.8, 4) is 0 Å². The Kier molecular flexibility index (Phi) is 7.83. The van der Waals surface area contributed by atoms with Gasteiger partial charge >= 0.3 is 0 Å². The molecule has 1 unspecified atom stereocenters. The summed E-state index contributed by atoms with van der Waals surface area (Å²) in [5.41, 5.74) is 4.16. The summed E-state index contributed by atoms with van der Waals surface area (Å²) in [6.07, 6.45) is 3.78. The lowest BCUT2D eigenvalue weighted by molar-refractivity contribution is 0.0947. The van der Waals surface area contributed by atoms with Crippen LogP contribution in [0.3, 0.4) is 0 Å². The molecule has 0 fully saturated rings.